The monoisotopic (exact) mass is 404 g/mol. The molecule has 0 bridgehead atoms. The fourth-order valence-electron chi connectivity index (χ4n) is 3.00. The van der Waals surface area contributed by atoms with Crippen LogP contribution in [0.5, 0.6) is 6.01 Å². The van der Waals surface area contributed by atoms with Gasteiger partial charge in [-0.05, 0) is 19.3 Å². The second kappa shape index (κ2) is 8.55. The van der Waals surface area contributed by atoms with Crippen LogP contribution in [0.4, 0.5) is 4.79 Å². The van der Waals surface area contributed by atoms with Crippen molar-refractivity contribution < 1.29 is 27.5 Å². The minimum atomic E-state index is -4.22. The maximum atomic E-state index is 12.7. The minimum absolute atomic E-state index is 0.0977. The van der Waals surface area contributed by atoms with Crippen molar-refractivity contribution in [3.05, 3.63) is 10.5 Å². The summed E-state index contributed by atoms with van der Waals surface area (Å²) in [5.74, 6) is -1.50. The highest BCUT2D eigenvalue weighted by molar-refractivity contribution is 7.90. The summed E-state index contributed by atoms with van der Waals surface area (Å²) in [4.78, 5) is 36.4. The summed E-state index contributed by atoms with van der Waals surface area (Å²) in [5, 5.41) is 2.61. The molecule has 1 aromatic heterocycles. The molecule has 11 nitrogen and oxygen atoms in total. The van der Waals surface area contributed by atoms with Crippen molar-refractivity contribution in [3.8, 4) is 6.01 Å². The molecule has 1 saturated carbocycles. The van der Waals surface area contributed by atoms with Gasteiger partial charge < -0.3 is 9.47 Å². The number of esters is 1. The Hall–Kier alpha value is -2.37. The number of nitrogens with one attached hydrogen (secondary N) is 1. The molecule has 1 aromatic rings. The van der Waals surface area contributed by atoms with E-state index in [1.807, 2.05) is 11.6 Å². The third kappa shape index (κ3) is 4.49. The molecular formula is C15H24N4O7S. The second-order valence-corrected chi connectivity index (χ2v) is 8.19. The summed E-state index contributed by atoms with van der Waals surface area (Å²) in [5.41, 5.74) is -0.845. The number of hydrogen-bond donors (Lipinski definition) is 1. The summed E-state index contributed by atoms with van der Waals surface area (Å²) in [6.45, 7) is 2.14. The van der Waals surface area contributed by atoms with Crippen LogP contribution in [0.1, 0.15) is 39.0 Å². The van der Waals surface area contributed by atoms with Gasteiger partial charge in [-0.25, -0.2) is 27.3 Å². The molecule has 1 amide bonds. The minimum Gasteiger partial charge on any atom is -0.469 e. The second-order valence-electron chi connectivity index (χ2n) is 6.29. The van der Waals surface area contributed by atoms with Crippen molar-refractivity contribution in [1.82, 2.24) is 19.1 Å². The number of carbonyl (C=O) groups is 2. The topological polar surface area (TPSA) is 139 Å². The number of ether oxygens (including phenoxy) is 2. The molecule has 27 heavy (non-hydrogen) atoms. The lowest BCUT2D eigenvalue weighted by atomic mass is 9.89. The molecule has 0 spiro atoms. The van der Waals surface area contributed by atoms with E-state index >= 15 is 0 Å². The zero-order valence-corrected chi connectivity index (χ0v) is 16.3. The normalized spacial score (nSPS) is 20.1. The van der Waals surface area contributed by atoms with Crippen LogP contribution in [0.15, 0.2) is 4.79 Å². The molecule has 2 rings (SSSR count). The van der Waals surface area contributed by atoms with Crippen LogP contribution < -0.4 is 15.1 Å². The lowest BCUT2D eigenvalue weighted by molar-refractivity contribution is -0.146. The van der Waals surface area contributed by atoms with E-state index in [0.717, 1.165) is 4.57 Å². The van der Waals surface area contributed by atoms with Gasteiger partial charge in [0.05, 0.1) is 24.9 Å². The van der Waals surface area contributed by atoms with Crippen LogP contribution in [0, 0.1) is 5.92 Å². The van der Waals surface area contributed by atoms with Crippen molar-refractivity contribution in [1.29, 1.82) is 0 Å². The van der Waals surface area contributed by atoms with E-state index in [0.29, 0.717) is 30.4 Å². The van der Waals surface area contributed by atoms with Crippen LogP contribution >= 0.6 is 0 Å². The van der Waals surface area contributed by atoms with Crippen LogP contribution in [-0.4, -0.2) is 53.7 Å². The quantitative estimate of drug-likeness (QED) is 0.653. The molecular weight excluding hydrogens is 380 g/mol. The lowest BCUT2D eigenvalue weighted by Crippen LogP contribution is -2.48. The average Bonchev–Trinajstić information content (AvgIpc) is 2.93. The van der Waals surface area contributed by atoms with Gasteiger partial charge in [0.2, 0.25) is 10.0 Å². The predicted octanol–water partition coefficient (Wildman–Crippen LogP) is -0.0101. The van der Waals surface area contributed by atoms with Crippen LogP contribution in [0.25, 0.3) is 0 Å². The predicted molar refractivity (Wildman–Crippen MR) is 93.9 cm³/mol. The molecule has 2 unspecified atom stereocenters. The number of sulfonamides is 1. The number of methoxy groups -OCH3 is 1. The van der Waals surface area contributed by atoms with Gasteiger partial charge in [-0.3, -0.25) is 4.79 Å². The maximum absolute atomic E-state index is 12.7. The summed E-state index contributed by atoms with van der Waals surface area (Å²) in [6, 6.07) is -1.32. The molecule has 1 aliphatic rings. The van der Waals surface area contributed by atoms with Gasteiger partial charge in [0.1, 0.15) is 0 Å². The summed E-state index contributed by atoms with van der Waals surface area (Å²) < 4.78 is 38.5. The summed E-state index contributed by atoms with van der Waals surface area (Å²) in [7, 11) is -1.68. The van der Waals surface area contributed by atoms with Crippen molar-refractivity contribution in [3.63, 3.8) is 0 Å². The lowest BCUT2D eigenvalue weighted by Gasteiger charge is -2.28. The number of rotatable bonds is 6. The van der Waals surface area contributed by atoms with Crippen LogP contribution in [-0.2, 0) is 26.6 Å². The Balaban J connectivity index is 2.23. The Kier molecular flexibility index (Phi) is 6.63. The maximum Gasteiger partial charge on any atom is 0.360 e. The molecule has 0 saturated heterocycles. The molecule has 152 valence electrons. The Labute approximate surface area is 156 Å². The Morgan fingerprint density at radius 2 is 1.96 bits per heavy atom. The van der Waals surface area contributed by atoms with Gasteiger partial charge in [0.25, 0.3) is 0 Å². The number of hydrogen-bond acceptors (Lipinski definition) is 8. The molecule has 1 N–H and O–H groups in total. The fraction of sp³-hybridized carbons (Fsp3) is 0.733. The highest BCUT2D eigenvalue weighted by Gasteiger charge is 2.41. The van der Waals surface area contributed by atoms with E-state index in [1.54, 1.807) is 0 Å². The highest BCUT2D eigenvalue weighted by atomic mass is 32.2. The SMILES string of the molecule is CCCOc1nn(C(=O)NS(=O)(=O)C2CCCCC2C(=O)OC)c(=O)n1C. The van der Waals surface area contributed by atoms with E-state index in [2.05, 4.69) is 9.84 Å². The Bertz CT molecular complexity index is 858. The van der Waals surface area contributed by atoms with E-state index < -0.39 is 38.9 Å². The van der Waals surface area contributed by atoms with E-state index in [9.17, 15) is 22.8 Å². The van der Waals surface area contributed by atoms with Crippen molar-refractivity contribution >= 4 is 22.0 Å². The third-order valence-electron chi connectivity index (χ3n) is 4.40. The molecule has 0 aromatic carbocycles. The standard InChI is InChI=1S/C15H24N4O7S/c1-4-9-26-14-16-19(15(22)18(14)2)13(21)17-27(23,24)11-8-6-5-7-10(11)12(20)25-3/h10-11H,4-9H2,1-3H3,(H,17,21). The van der Waals surface area contributed by atoms with Gasteiger partial charge in [-0.15, -0.1) is 9.78 Å². The van der Waals surface area contributed by atoms with Crippen molar-refractivity contribution in [2.45, 2.75) is 44.3 Å². The van der Waals surface area contributed by atoms with E-state index in [1.165, 1.54) is 14.2 Å². The smallest absolute Gasteiger partial charge is 0.360 e. The Morgan fingerprint density at radius 1 is 1.30 bits per heavy atom. The van der Waals surface area contributed by atoms with Gasteiger partial charge >= 0.3 is 23.7 Å². The Morgan fingerprint density at radius 3 is 2.59 bits per heavy atom. The zero-order valence-electron chi connectivity index (χ0n) is 15.5. The van der Waals surface area contributed by atoms with Crippen molar-refractivity contribution in [2.75, 3.05) is 13.7 Å². The number of amides is 1. The number of nitrogens with zero attached hydrogens (tertiary/aromatic N) is 3. The molecule has 2 atom stereocenters. The first-order chi connectivity index (χ1) is 12.7. The average molecular weight is 404 g/mol. The fourth-order valence-corrected chi connectivity index (χ4v) is 4.64. The van der Waals surface area contributed by atoms with Gasteiger partial charge in [0.15, 0.2) is 0 Å². The van der Waals surface area contributed by atoms with Gasteiger partial charge in [0, 0.05) is 7.05 Å². The third-order valence-corrected chi connectivity index (χ3v) is 6.22. The first-order valence-electron chi connectivity index (χ1n) is 8.65. The molecule has 1 aliphatic carbocycles. The van der Waals surface area contributed by atoms with E-state index in [-0.39, 0.29) is 19.0 Å². The first kappa shape index (κ1) is 20.9. The largest absolute Gasteiger partial charge is 0.469 e. The zero-order chi connectivity index (χ0) is 20.2. The molecule has 1 heterocycles. The van der Waals surface area contributed by atoms with Crippen molar-refractivity contribution in [2.24, 2.45) is 13.0 Å². The molecule has 1 fully saturated rings. The molecule has 0 radical (unpaired) electrons. The van der Waals surface area contributed by atoms with Crippen LogP contribution in [0.2, 0.25) is 0 Å². The van der Waals surface area contributed by atoms with Gasteiger partial charge in [-0.2, -0.15) is 0 Å². The van der Waals surface area contributed by atoms with Crippen LogP contribution in [0.3, 0.4) is 0 Å². The van der Waals surface area contributed by atoms with Gasteiger partial charge in [-0.1, -0.05) is 19.8 Å². The number of carbonyl (C=O) groups excluding carboxylic acids is 2. The van der Waals surface area contributed by atoms with E-state index in [4.69, 9.17) is 4.74 Å². The first-order valence-corrected chi connectivity index (χ1v) is 10.2. The molecule has 12 heteroatoms. The summed E-state index contributed by atoms with van der Waals surface area (Å²) >= 11 is 0. The number of aromatic nitrogens is 3. The highest BCUT2D eigenvalue weighted by Crippen LogP contribution is 2.30. The molecule has 0 aliphatic heterocycles. The summed E-state index contributed by atoms with van der Waals surface area (Å²) in [6.07, 6.45) is 2.52.